The summed E-state index contributed by atoms with van der Waals surface area (Å²) in [6.45, 7) is 3.69. The van der Waals surface area contributed by atoms with Crippen LogP contribution in [-0.2, 0) is 11.8 Å². The monoisotopic (exact) mass is 351 g/mol. The number of aromatic nitrogens is 2. The Morgan fingerprint density at radius 2 is 2.14 bits per heavy atom. The van der Waals surface area contributed by atoms with Gasteiger partial charge in [-0.2, -0.15) is 5.10 Å². The number of amides is 1. The number of carbonyl (C=O) groups excluding carboxylic acids is 1. The highest BCUT2D eigenvalue weighted by molar-refractivity contribution is 9.10. The molecule has 0 unspecified atom stereocenters. The number of anilines is 1. The number of nitrogens with one attached hydrogen (secondary N) is 1. The van der Waals surface area contributed by atoms with Gasteiger partial charge >= 0.3 is 0 Å². The average Bonchev–Trinajstić information content (AvgIpc) is 2.66. The van der Waals surface area contributed by atoms with Crippen LogP contribution in [-0.4, -0.2) is 15.7 Å². The zero-order valence-corrected chi connectivity index (χ0v) is 13.5. The molecule has 0 spiro atoms. The SMILES string of the molecule is Cc1nn(C)c(C)c1NC(=O)/C=C/c1cc(Br)ccc1F. The lowest BCUT2D eigenvalue weighted by atomic mass is 10.2. The van der Waals surface area contributed by atoms with E-state index in [1.807, 2.05) is 20.9 Å². The van der Waals surface area contributed by atoms with E-state index in [9.17, 15) is 9.18 Å². The normalized spacial score (nSPS) is 11.1. The largest absolute Gasteiger partial charge is 0.319 e. The summed E-state index contributed by atoms with van der Waals surface area (Å²) in [5.41, 5.74) is 2.63. The van der Waals surface area contributed by atoms with Crippen LogP contribution in [0.1, 0.15) is 17.0 Å². The topological polar surface area (TPSA) is 46.9 Å². The number of halogens is 2. The van der Waals surface area contributed by atoms with Gasteiger partial charge in [0.1, 0.15) is 5.82 Å². The summed E-state index contributed by atoms with van der Waals surface area (Å²) >= 11 is 3.27. The summed E-state index contributed by atoms with van der Waals surface area (Å²) in [5, 5.41) is 6.98. The third-order valence-corrected chi connectivity index (χ3v) is 3.62. The molecule has 0 saturated carbocycles. The summed E-state index contributed by atoms with van der Waals surface area (Å²) in [5.74, 6) is -0.704. The molecule has 0 aliphatic heterocycles. The molecule has 1 aromatic carbocycles. The van der Waals surface area contributed by atoms with Crippen LogP contribution in [0.4, 0.5) is 10.1 Å². The van der Waals surface area contributed by atoms with Crippen molar-refractivity contribution in [3.05, 3.63) is 51.5 Å². The van der Waals surface area contributed by atoms with E-state index in [4.69, 9.17) is 0 Å². The summed E-state index contributed by atoms with van der Waals surface area (Å²) in [6, 6.07) is 4.56. The van der Waals surface area contributed by atoms with Crippen molar-refractivity contribution in [1.29, 1.82) is 0 Å². The third-order valence-electron chi connectivity index (χ3n) is 3.13. The molecule has 21 heavy (non-hydrogen) atoms. The fourth-order valence-electron chi connectivity index (χ4n) is 1.93. The highest BCUT2D eigenvalue weighted by atomic mass is 79.9. The number of hydrogen-bond donors (Lipinski definition) is 1. The van der Waals surface area contributed by atoms with Gasteiger partial charge in [-0.1, -0.05) is 15.9 Å². The number of hydrogen-bond acceptors (Lipinski definition) is 2. The standard InChI is InChI=1S/C15H15BrFN3O/c1-9-15(10(2)20(3)19-9)18-14(21)7-4-11-8-12(16)5-6-13(11)17/h4-8H,1-3H3,(H,18,21)/b7-4+. The lowest BCUT2D eigenvalue weighted by Crippen LogP contribution is -2.09. The molecule has 0 fully saturated rings. The Morgan fingerprint density at radius 3 is 2.76 bits per heavy atom. The molecule has 2 aromatic rings. The van der Waals surface area contributed by atoms with Crippen LogP contribution in [0.25, 0.3) is 6.08 Å². The maximum atomic E-state index is 13.6. The van der Waals surface area contributed by atoms with Gasteiger partial charge in [-0.05, 0) is 38.1 Å². The molecule has 1 N–H and O–H groups in total. The van der Waals surface area contributed by atoms with E-state index in [-0.39, 0.29) is 11.7 Å². The molecule has 0 bridgehead atoms. The molecule has 1 amide bonds. The Balaban J connectivity index is 2.15. The van der Waals surface area contributed by atoms with Crippen molar-refractivity contribution in [2.45, 2.75) is 13.8 Å². The molecule has 0 saturated heterocycles. The quantitative estimate of drug-likeness (QED) is 0.859. The minimum Gasteiger partial charge on any atom is -0.319 e. The van der Waals surface area contributed by atoms with E-state index in [0.717, 1.165) is 15.9 Å². The number of rotatable bonds is 3. The van der Waals surface area contributed by atoms with Crippen LogP contribution in [0, 0.1) is 19.7 Å². The number of aryl methyl sites for hydroxylation is 2. The molecular weight excluding hydrogens is 337 g/mol. The highest BCUT2D eigenvalue weighted by Gasteiger charge is 2.10. The molecular formula is C15H15BrFN3O. The highest BCUT2D eigenvalue weighted by Crippen LogP contribution is 2.19. The number of carbonyl (C=O) groups is 1. The predicted molar refractivity (Wildman–Crippen MR) is 84.4 cm³/mol. The third kappa shape index (κ3) is 3.58. The molecule has 4 nitrogen and oxygen atoms in total. The van der Waals surface area contributed by atoms with Crippen LogP contribution in [0.5, 0.6) is 0 Å². The van der Waals surface area contributed by atoms with Crippen molar-refractivity contribution in [3.63, 3.8) is 0 Å². The molecule has 1 heterocycles. The van der Waals surface area contributed by atoms with Crippen LogP contribution < -0.4 is 5.32 Å². The first-order valence-corrected chi connectivity index (χ1v) is 7.12. The molecule has 2 rings (SSSR count). The van der Waals surface area contributed by atoms with Crippen LogP contribution >= 0.6 is 15.9 Å². The summed E-state index contributed by atoms with van der Waals surface area (Å²) in [6.07, 6.45) is 2.74. The van der Waals surface area contributed by atoms with Gasteiger partial charge in [0.15, 0.2) is 0 Å². The first kappa shape index (κ1) is 15.4. The molecule has 0 aliphatic carbocycles. The van der Waals surface area contributed by atoms with E-state index in [2.05, 4.69) is 26.3 Å². The van der Waals surface area contributed by atoms with Crippen molar-refractivity contribution >= 4 is 33.6 Å². The molecule has 6 heteroatoms. The van der Waals surface area contributed by atoms with Gasteiger partial charge in [0.2, 0.25) is 5.91 Å². The van der Waals surface area contributed by atoms with Gasteiger partial charge in [-0.15, -0.1) is 0 Å². The van der Waals surface area contributed by atoms with Crippen LogP contribution in [0.15, 0.2) is 28.7 Å². The Kier molecular flexibility index (Phi) is 4.57. The van der Waals surface area contributed by atoms with Gasteiger partial charge in [-0.3, -0.25) is 9.48 Å². The van der Waals surface area contributed by atoms with Crippen LogP contribution in [0.2, 0.25) is 0 Å². The molecule has 0 radical (unpaired) electrons. The van der Waals surface area contributed by atoms with E-state index in [1.165, 1.54) is 18.2 Å². The van der Waals surface area contributed by atoms with E-state index >= 15 is 0 Å². The van der Waals surface area contributed by atoms with E-state index in [1.54, 1.807) is 16.8 Å². The molecule has 1 aromatic heterocycles. The second-order valence-corrected chi connectivity index (χ2v) is 5.57. The molecule has 0 aliphatic rings. The average molecular weight is 352 g/mol. The summed E-state index contributed by atoms with van der Waals surface area (Å²) < 4.78 is 16.0. The van der Waals surface area contributed by atoms with Crippen molar-refractivity contribution in [1.82, 2.24) is 9.78 Å². The molecule has 110 valence electrons. The smallest absolute Gasteiger partial charge is 0.248 e. The number of nitrogens with zero attached hydrogens (tertiary/aromatic N) is 2. The summed E-state index contributed by atoms with van der Waals surface area (Å²) in [4.78, 5) is 11.9. The Morgan fingerprint density at radius 1 is 1.43 bits per heavy atom. The zero-order chi connectivity index (χ0) is 15.6. The van der Waals surface area contributed by atoms with E-state index in [0.29, 0.717) is 11.3 Å². The predicted octanol–water partition coefficient (Wildman–Crippen LogP) is 3.59. The van der Waals surface area contributed by atoms with E-state index < -0.39 is 0 Å². The first-order valence-electron chi connectivity index (χ1n) is 6.33. The number of benzene rings is 1. The van der Waals surface area contributed by atoms with Gasteiger partial charge in [0.05, 0.1) is 17.1 Å². The Labute approximate surface area is 130 Å². The Hall–Kier alpha value is -1.95. The lowest BCUT2D eigenvalue weighted by molar-refractivity contribution is -0.111. The van der Waals surface area contributed by atoms with Crippen molar-refractivity contribution < 1.29 is 9.18 Å². The fraction of sp³-hybridized carbons (Fsp3) is 0.200. The zero-order valence-electron chi connectivity index (χ0n) is 11.9. The fourth-order valence-corrected chi connectivity index (χ4v) is 2.31. The lowest BCUT2D eigenvalue weighted by Gasteiger charge is -2.02. The molecule has 0 atom stereocenters. The van der Waals surface area contributed by atoms with Crippen LogP contribution in [0.3, 0.4) is 0 Å². The second kappa shape index (κ2) is 6.22. The van der Waals surface area contributed by atoms with Crippen molar-refractivity contribution in [3.8, 4) is 0 Å². The Bertz CT molecular complexity index is 722. The maximum Gasteiger partial charge on any atom is 0.248 e. The minimum absolute atomic E-state index is 0.325. The van der Waals surface area contributed by atoms with Gasteiger partial charge < -0.3 is 5.32 Å². The van der Waals surface area contributed by atoms with Gasteiger partial charge in [0.25, 0.3) is 0 Å². The maximum absolute atomic E-state index is 13.6. The van der Waals surface area contributed by atoms with Crippen molar-refractivity contribution in [2.75, 3.05) is 5.32 Å². The minimum atomic E-state index is -0.379. The van der Waals surface area contributed by atoms with Gasteiger partial charge in [-0.25, -0.2) is 4.39 Å². The van der Waals surface area contributed by atoms with Crippen molar-refractivity contribution in [2.24, 2.45) is 7.05 Å². The summed E-state index contributed by atoms with van der Waals surface area (Å²) in [7, 11) is 1.81. The first-order chi connectivity index (χ1) is 9.88. The second-order valence-electron chi connectivity index (χ2n) is 4.66. The van der Waals surface area contributed by atoms with Gasteiger partial charge in [0, 0.05) is 23.2 Å².